The van der Waals surface area contributed by atoms with Crippen LogP contribution in [0.4, 0.5) is 34.0 Å². The van der Waals surface area contributed by atoms with E-state index in [0.717, 1.165) is 18.3 Å². The molecule has 0 bridgehead atoms. The zero-order valence-electron chi connectivity index (χ0n) is 24.2. The molecule has 5 heterocycles. The summed E-state index contributed by atoms with van der Waals surface area (Å²) in [5.74, 6) is -1.97. The number of alkyl halides is 3. The van der Waals surface area contributed by atoms with Gasteiger partial charge in [0.1, 0.15) is 51.9 Å². The van der Waals surface area contributed by atoms with E-state index >= 15 is 4.39 Å². The maximum Gasteiger partial charge on any atom is 0.416 e. The second-order valence-corrected chi connectivity index (χ2v) is 11.0. The van der Waals surface area contributed by atoms with Crippen molar-refractivity contribution in [1.82, 2.24) is 24.3 Å². The van der Waals surface area contributed by atoms with E-state index in [1.165, 1.54) is 12.3 Å². The first-order valence-electron chi connectivity index (χ1n) is 13.8. The summed E-state index contributed by atoms with van der Waals surface area (Å²) in [5, 5.41) is 2.26. The molecule has 0 unspecified atom stereocenters. The maximum absolute atomic E-state index is 16.0. The topological polar surface area (TPSA) is 146 Å². The van der Waals surface area contributed by atoms with Crippen LogP contribution in [0.3, 0.4) is 0 Å². The summed E-state index contributed by atoms with van der Waals surface area (Å²) in [7, 11) is 0. The van der Waals surface area contributed by atoms with E-state index in [1.54, 1.807) is 36.3 Å². The average Bonchev–Trinajstić information content (AvgIpc) is 3.47. The van der Waals surface area contributed by atoms with E-state index in [1.807, 2.05) is 0 Å². The molecule has 2 aliphatic heterocycles. The molecule has 3 N–H and O–H groups in total. The summed E-state index contributed by atoms with van der Waals surface area (Å²) in [6.07, 6.45) is -1.97. The van der Waals surface area contributed by atoms with Gasteiger partial charge >= 0.3 is 12.3 Å². The number of hydrogen-bond acceptors (Lipinski definition) is 9. The number of hydrogen-bond donors (Lipinski definition) is 2. The number of benzene rings is 1. The Hall–Kier alpha value is -4.99. The van der Waals surface area contributed by atoms with Crippen molar-refractivity contribution in [1.29, 1.82) is 0 Å². The highest BCUT2D eigenvalue weighted by molar-refractivity contribution is 6.05. The molecule has 2 atom stereocenters. The number of pyridine rings is 1. The van der Waals surface area contributed by atoms with Gasteiger partial charge in [-0.1, -0.05) is 0 Å². The van der Waals surface area contributed by atoms with Crippen LogP contribution in [0.5, 0.6) is 5.75 Å². The highest BCUT2D eigenvalue weighted by Crippen LogP contribution is 2.41. The fourth-order valence-corrected chi connectivity index (χ4v) is 5.51. The third kappa shape index (κ3) is 5.34. The van der Waals surface area contributed by atoms with E-state index < -0.39 is 41.3 Å². The Morgan fingerprint density at radius 3 is 2.73 bits per heavy atom. The first kappa shape index (κ1) is 30.1. The number of nitrogens with two attached hydrogens (primary N) is 1. The third-order valence-corrected chi connectivity index (χ3v) is 7.66. The van der Waals surface area contributed by atoms with Gasteiger partial charge in [-0.15, -0.1) is 0 Å². The van der Waals surface area contributed by atoms with Crippen molar-refractivity contribution in [3.05, 3.63) is 65.6 Å². The standard InChI is InChI=1S/C29H27F4N7O5/c1-4-43-17-10-14(26(41)37-20-11-15(5-6-35-20)29(31,32)33)9-16(30)21(17)22-23-24(34)36-7-8-39(23)25(38-22)18-12-40-19(13-44-18)28(2,3)45-27(40)42/h5-11,18-19H,4,12-13H2,1-3H3,(H2,34,36)(H,35,37,41)/t18-,19+/m1/s1. The molecule has 4 aromatic rings. The van der Waals surface area contributed by atoms with E-state index in [4.69, 9.17) is 24.9 Å². The minimum atomic E-state index is -4.65. The minimum absolute atomic E-state index is 0.0148. The van der Waals surface area contributed by atoms with Crippen molar-refractivity contribution >= 4 is 29.2 Å². The maximum atomic E-state index is 16.0. The minimum Gasteiger partial charge on any atom is -0.493 e. The fourth-order valence-electron chi connectivity index (χ4n) is 5.51. The molecule has 3 aromatic heterocycles. The first-order chi connectivity index (χ1) is 21.3. The zero-order valence-corrected chi connectivity index (χ0v) is 24.2. The summed E-state index contributed by atoms with van der Waals surface area (Å²) in [6.45, 7) is 5.59. The van der Waals surface area contributed by atoms with Crippen LogP contribution in [0, 0.1) is 5.82 Å². The largest absolute Gasteiger partial charge is 0.493 e. The van der Waals surface area contributed by atoms with Gasteiger partial charge in [0.15, 0.2) is 0 Å². The van der Waals surface area contributed by atoms with Crippen molar-refractivity contribution in [2.24, 2.45) is 0 Å². The molecule has 0 spiro atoms. The summed E-state index contributed by atoms with van der Waals surface area (Å²) < 4.78 is 74.4. The lowest BCUT2D eigenvalue weighted by Gasteiger charge is -2.36. The number of amides is 2. The lowest BCUT2D eigenvalue weighted by Crippen LogP contribution is -2.50. The number of imidazole rings is 1. The molecule has 2 amide bonds. The number of morpholine rings is 1. The molecule has 12 nitrogen and oxygen atoms in total. The van der Waals surface area contributed by atoms with Crippen LogP contribution in [0.25, 0.3) is 16.8 Å². The Balaban J connectivity index is 1.39. The molecule has 1 aromatic carbocycles. The lowest BCUT2D eigenvalue weighted by atomic mass is 9.98. The molecule has 45 heavy (non-hydrogen) atoms. The van der Waals surface area contributed by atoms with Crippen LogP contribution in [-0.2, 0) is 15.7 Å². The van der Waals surface area contributed by atoms with Gasteiger partial charge in [0, 0.05) is 24.2 Å². The summed E-state index contributed by atoms with van der Waals surface area (Å²) in [6, 6.07) is 3.26. The quantitative estimate of drug-likeness (QED) is 0.286. The number of carbonyl (C=O) groups excluding carboxylic acids is 2. The van der Waals surface area contributed by atoms with Gasteiger partial charge in [0.2, 0.25) is 0 Å². The number of nitrogen functional groups attached to an aromatic ring is 1. The molecule has 6 rings (SSSR count). The number of carbonyl (C=O) groups is 2. The molecule has 0 radical (unpaired) electrons. The van der Waals surface area contributed by atoms with Crippen LogP contribution < -0.4 is 15.8 Å². The van der Waals surface area contributed by atoms with E-state index in [0.29, 0.717) is 11.9 Å². The van der Waals surface area contributed by atoms with Gasteiger partial charge in [0.25, 0.3) is 5.91 Å². The molecule has 2 fully saturated rings. The Labute approximate surface area is 253 Å². The molecule has 0 saturated carbocycles. The van der Waals surface area contributed by atoms with Crippen LogP contribution in [0.1, 0.15) is 48.6 Å². The predicted octanol–water partition coefficient (Wildman–Crippen LogP) is 4.85. The number of ether oxygens (including phenoxy) is 3. The SMILES string of the molecule is CCOc1cc(C(=O)Nc2cc(C(F)(F)F)ccn2)cc(F)c1-c1nc([C@H]2CN3C(=O)OC(C)(C)[C@@H]3CO2)n2ccnc(N)c12. The smallest absolute Gasteiger partial charge is 0.416 e. The number of nitrogens with zero attached hydrogens (tertiary/aromatic N) is 5. The van der Waals surface area contributed by atoms with Crippen LogP contribution >= 0.6 is 0 Å². The molecule has 236 valence electrons. The number of cyclic esters (lactones) is 1. The van der Waals surface area contributed by atoms with Crippen molar-refractivity contribution in [2.45, 2.75) is 44.7 Å². The van der Waals surface area contributed by atoms with E-state index in [-0.39, 0.29) is 65.5 Å². The number of aromatic nitrogens is 4. The van der Waals surface area contributed by atoms with Gasteiger partial charge < -0.3 is 25.3 Å². The zero-order chi connectivity index (χ0) is 32.3. The Kier molecular flexibility index (Phi) is 7.26. The lowest BCUT2D eigenvalue weighted by molar-refractivity contribution is -0.137. The second kappa shape index (κ2) is 10.9. The van der Waals surface area contributed by atoms with Crippen molar-refractivity contribution in [3.8, 4) is 17.0 Å². The van der Waals surface area contributed by atoms with Gasteiger partial charge in [-0.2, -0.15) is 13.2 Å². The van der Waals surface area contributed by atoms with Crippen LogP contribution in [0.2, 0.25) is 0 Å². The Morgan fingerprint density at radius 2 is 2.00 bits per heavy atom. The third-order valence-electron chi connectivity index (χ3n) is 7.66. The number of halogens is 4. The molecule has 16 heteroatoms. The molecular formula is C29H27F4N7O5. The predicted molar refractivity (Wildman–Crippen MR) is 151 cm³/mol. The Bertz CT molecular complexity index is 1830. The highest BCUT2D eigenvalue weighted by atomic mass is 19.4. The normalized spacial score (nSPS) is 19.4. The van der Waals surface area contributed by atoms with E-state index in [9.17, 15) is 22.8 Å². The van der Waals surface area contributed by atoms with E-state index in [2.05, 4.69) is 15.3 Å². The molecule has 0 aliphatic carbocycles. The fraction of sp³-hybridized carbons (Fsp3) is 0.345. The molecule has 2 aliphatic rings. The monoisotopic (exact) mass is 629 g/mol. The van der Waals surface area contributed by atoms with Gasteiger partial charge in [-0.25, -0.2) is 24.1 Å². The van der Waals surface area contributed by atoms with Gasteiger partial charge in [0.05, 0.1) is 36.9 Å². The summed E-state index contributed by atoms with van der Waals surface area (Å²) in [5.41, 5.74) is 4.37. The van der Waals surface area contributed by atoms with Gasteiger partial charge in [-0.05, 0) is 45.0 Å². The summed E-state index contributed by atoms with van der Waals surface area (Å²) in [4.78, 5) is 39.8. The number of rotatable bonds is 6. The number of nitrogens with one attached hydrogen (secondary N) is 1. The Morgan fingerprint density at radius 1 is 1.22 bits per heavy atom. The van der Waals surface area contributed by atoms with Crippen LogP contribution in [-0.4, -0.2) is 67.7 Å². The van der Waals surface area contributed by atoms with Crippen molar-refractivity contribution < 1.29 is 41.4 Å². The molecular weight excluding hydrogens is 602 g/mol. The second-order valence-electron chi connectivity index (χ2n) is 11.0. The van der Waals surface area contributed by atoms with Crippen molar-refractivity contribution in [2.75, 3.05) is 30.8 Å². The highest BCUT2D eigenvalue weighted by Gasteiger charge is 2.51. The van der Waals surface area contributed by atoms with Crippen LogP contribution in [0.15, 0.2) is 42.9 Å². The average molecular weight is 630 g/mol. The summed E-state index contributed by atoms with van der Waals surface area (Å²) >= 11 is 0. The number of fused-ring (bicyclic) bond motifs is 2. The van der Waals surface area contributed by atoms with Gasteiger partial charge in [-0.3, -0.25) is 14.1 Å². The number of anilines is 2. The first-order valence-corrected chi connectivity index (χ1v) is 13.8. The molecule has 2 saturated heterocycles. The van der Waals surface area contributed by atoms with Crippen molar-refractivity contribution in [3.63, 3.8) is 0 Å².